The number of ketones is 1. The molecule has 0 spiro atoms. The molecule has 0 heterocycles. The van der Waals surface area contributed by atoms with Gasteiger partial charge in [0.15, 0.2) is 5.78 Å². The topological polar surface area (TPSA) is 37.3 Å². The van der Waals surface area contributed by atoms with Gasteiger partial charge in [-0.05, 0) is 61.0 Å². The number of aliphatic hydroxyl groups excluding tert-OH is 1. The molecule has 1 N–H and O–H groups in total. The van der Waals surface area contributed by atoms with Crippen LogP contribution in [0.3, 0.4) is 0 Å². The molecule has 0 aromatic rings. The Labute approximate surface area is 143 Å². The molecule has 0 saturated heterocycles. The number of hydrogen-bond donors (Lipinski definition) is 1. The van der Waals surface area contributed by atoms with Crippen molar-refractivity contribution in [3.63, 3.8) is 0 Å². The summed E-state index contributed by atoms with van der Waals surface area (Å²) >= 11 is 6.35. The maximum atomic E-state index is 11.9. The smallest absolute Gasteiger partial charge is 0.196 e. The van der Waals surface area contributed by atoms with E-state index in [0.29, 0.717) is 34.6 Å². The highest BCUT2D eigenvalue weighted by molar-refractivity contribution is 6.45. The monoisotopic (exact) mass is 332 g/mol. The Morgan fingerprint density at radius 3 is 2.91 bits per heavy atom. The number of hydrogen-bond acceptors (Lipinski definition) is 2. The van der Waals surface area contributed by atoms with E-state index < -0.39 is 0 Å². The summed E-state index contributed by atoms with van der Waals surface area (Å²) in [5.74, 6) is 2.33. The molecular weight excluding hydrogens is 308 g/mol. The van der Waals surface area contributed by atoms with Crippen molar-refractivity contribution in [1.82, 2.24) is 0 Å². The van der Waals surface area contributed by atoms with E-state index in [9.17, 15) is 9.90 Å². The van der Waals surface area contributed by atoms with Gasteiger partial charge in [0.2, 0.25) is 0 Å². The van der Waals surface area contributed by atoms with Crippen molar-refractivity contribution in [3.8, 4) is 0 Å². The summed E-state index contributed by atoms with van der Waals surface area (Å²) in [6.45, 7) is 4.57. The van der Waals surface area contributed by atoms with Crippen LogP contribution < -0.4 is 0 Å². The van der Waals surface area contributed by atoms with Crippen LogP contribution in [0.25, 0.3) is 0 Å². The van der Waals surface area contributed by atoms with Crippen LogP contribution in [0, 0.1) is 35.0 Å². The molecule has 124 valence electrons. The Balaban J connectivity index is 1.74. The molecular formula is C20H25ClO2. The standard InChI is InChI=1S/C20H25ClO2/c1-11-10-14-12(6-7-16(22)19(14)21)13-8-9-20(2)15(18(11)13)4-3-5-17(20)23/h3-4,6-7,11-13,15,17-18,23H,5,8-10H2,1-2H3/t11-,12-,13-,15+,17+,18-,20+/m1/s1. The van der Waals surface area contributed by atoms with Crippen LogP contribution in [0.15, 0.2) is 34.9 Å². The molecule has 0 aliphatic heterocycles. The Kier molecular flexibility index (Phi) is 3.62. The van der Waals surface area contributed by atoms with Gasteiger partial charge in [0.1, 0.15) is 0 Å². The average molecular weight is 333 g/mol. The molecule has 3 heteroatoms. The van der Waals surface area contributed by atoms with Crippen LogP contribution in [0.5, 0.6) is 0 Å². The number of carbonyl (C=O) groups excluding carboxylic acids is 1. The lowest BCUT2D eigenvalue weighted by Crippen LogP contribution is -2.53. The summed E-state index contributed by atoms with van der Waals surface area (Å²) in [5.41, 5.74) is 1.17. The Morgan fingerprint density at radius 2 is 2.13 bits per heavy atom. The fourth-order valence-corrected chi connectivity index (χ4v) is 6.16. The van der Waals surface area contributed by atoms with E-state index in [-0.39, 0.29) is 17.3 Å². The molecule has 7 atom stereocenters. The molecule has 4 aliphatic carbocycles. The summed E-state index contributed by atoms with van der Waals surface area (Å²) in [7, 11) is 0. The summed E-state index contributed by atoms with van der Waals surface area (Å²) in [6.07, 6.45) is 11.9. The molecule has 0 bridgehead atoms. The first-order valence-corrected chi connectivity index (χ1v) is 9.27. The van der Waals surface area contributed by atoms with Crippen LogP contribution in [0.4, 0.5) is 0 Å². The molecule has 23 heavy (non-hydrogen) atoms. The van der Waals surface area contributed by atoms with Crippen molar-refractivity contribution >= 4 is 17.4 Å². The zero-order chi connectivity index (χ0) is 16.4. The SMILES string of the molecule is C[C@@H]1CC2=C(Cl)C(=O)C=C[C@@H]2[C@H]2CC[C@]3(C)[C@@H](O)CC=C[C@H]3[C@@H]21. The molecule has 0 aromatic heterocycles. The third kappa shape index (κ3) is 2.14. The predicted octanol–water partition coefficient (Wildman–Crippen LogP) is 4.24. The van der Waals surface area contributed by atoms with Gasteiger partial charge >= 0.3 is 0 Å². The van der Waals surface area contributed by atoms with E-state index in [0.717, 1.165) is 31.3 Å². The van der Waals surface area contributed by atoms with Gasteiger partial charge in [-0.25, -0.2) is 0 Å². The molecule has 0 radical (unpaired) electrons. The van der Waals surface area contributed by atoms with E-state index >= 15 is 0 Å². The lowest BCUT2D eigenvalue weighted by molar-refractivity contribution is -0.111. The molecule has 2 saturated carbocycles. The second kappa shape index (κ2) is 5.32. The van der Waals surface area contributed by atoms with E-state index in [4.69, 9.17) is 11.6 Å². The molecule has 0 aromatic carbocycles. The van der Waals surface area contributed by atoms with Crippen molar-refractivity contribution in [2.24, 2.45) is 35.0 Å². The van der Waals surface area contributed by atoms with Crippen molar-refractivity contribution in [1.29, 1.82) is 0 Å². The quantitative estimate of drug-likeness (QED) is 0.673. The first-order valence-electron chi connectivity index (χ1n) is 8.89. The maximum absolute atomic E-state index is 11.9. The number of fused-ring (bicyclic) bond motifs is 5. The van der Waals surface area contributed by atoms with Gasteiger partial charge in [-0.1, -0.05) is 43.7 Å². The normalized spacial score (nSPS) is 48.8. The fourth-order valence-electron chi connectivity index (χ4n) is 5.89. The predicted molar refractivity (Wildman–Crippen MR) is 91.9 cm³/mol. The second-order valence-corrected chi connectivity index (χ2v) is 8.64. The average Bonchev–Trinajstić information content (AvgIpc) is 2.52. The fraction of sp³-hybridized carbons (Fsp3) is 0.650. The van der Waals surface area contributed by atoms with E-state index in [1.54, 1.807) is 6.08 Å². The Hall–Kier alpha value is -0.860. The zero-order valence-corrected chi connectivity index (χ0v) is 14.6. The zero-order valence-electron chi connectivity index (χ0n) is 13.8. The first-order chi connectivity index (χ1) is 10.9. The molecule has 0 unspecified atom stereocenters. The van der Waals surface area contributed by atoms with E-state index in [2.05, 4.69) is 32.1 Å². The van der Waals surface area contributed by atoms with Crippen LogP contribution in [0.2, 0.25) is 0 Å². The molecule has 4 rings (SSSR count). The lowest BCUT2D eigenvalue weighted by Gasteiger charge is -2.58. The van der Waals surface area contributed by atoms with Crippen LogP contribution in [-0.2, 0) is 4.79 Å². The third-order valence-corrected chi connectivity index (χ3v) is 7.60. The van der Waals surface area contributed by atoms with Crippen LogP contribution in [0.1, 0.15) is 39.5 Å². The van der Waals surface area contributed by atoms with Crippen molar-refractivity contribution < 1.29 is 9.90 Å². The van der Waals surface area contributed by atoms with Gasteiger partial charge in [-0.2, -0.15) is 0 Å². The summed E-state index contributed by atoms with van der Waals surface area (Å²) < 4.78 is 0. The number of rotatable bonds is 0. The van der Waals surface area contributed by atoms with Gasteiger partial charge in [-0.3, -0.25) is 4.79 Å². The van der Waals surface area contributed by atoms with Crippen molar-refractivity contribution in [2.45, 2.75) is 45.6 Å². The van der Waals surface area contributed by atoms with Crippen molar-refractivity contribution in [2.75, 3.05) is 0 Å². The third-order valence-electron chi connectivity index (χ3n) is 7.17. The van der Waals surface area contributed by atoms with Gasteiger partial charge in [-0.15, -0.1) is 0 Å². The number of aliphatic hydroxyl groups is 1. The number of allylic oxidation sites excluding steroid dienone is 5. The second-order valence-electron chi connectivity index (χ2n) is 8.26. The number of carbonyl (C=O) groups is 1. The first kappa shape index (κ1) is 15.7. The highest BCUT2D eigenvalue weighted by Crippen LogP contribution is 2.60. The van der Waals surface area contributed by atoms with Crippen LogP contribution >= 0.6 is 11.6 Å². The highest BCUT2D eigenvalue weighted by atomic mass is 35.5. The van der Waals surface area contributed by atoms with Crippen LogP contribution in [-0.4, -0.2) is 17.0 Å². The van der Waals surface area contributed by atoms with Gasteiger partial charge < -0.3 is 5.11 Å². The lowest BCUT2D eigenvalue weighted by atomic mass is 9.47. The molecule has 4 aliphatic rings. The molecule has 2 nitrogen and oxygen atoms in total. The van der Waals surface area contributed by atoms with E-state index in [1.807, 2.05) is 0 Å². The highest BCUT2D eigenvalue weighted by Gasteiger charge is 2.55. The molecule has 2 fully saturated rings. The number of halogens is 1. The minimum absolute atomic E-state index is 0.00336. The van der Waals surface area contributed by atoms with Gasteiger partial charge in [0.05, 0.1) is 11.1 Å². The van der Waals surface area contributed by atoms with Crippen molar-refractivity contribution in [3.05, 3.63) is 34.9 Å². The minimum atomic E-state index is -0.227. The Bertz CT molecular complexity index is 632. The largest absolute Gasteiger partial charge is 0.392 e. The van der Waals surface area contributed by atoms with E-state index in [1.165, 1.54) is 0 Å². The summed E-state index contributed by atoms with van der Waals surface area (Å²) in [6, 6.07) is 0. The maximum Gasteiger partial charge on any atom is 0.196 e. The Morgan fingerprint density at radius 1 is 1.35 bits per heavy atom. The molecule has 0 amide bonds. The van der Waals surface area contributed by atoms with Gasteiger partial charge in [0.25, 0.3) is 0 Å². The summed E-state index contributed by atoms with van der Waals surface area (Å²) in [4.78, 5) is 11.9. The minimum Gasteiger partial charge on any atom is -0.392 e. The summed E-state index contributed by atoms with van der Waals surface area (Å²) in [5, 5.41) is 11.1. The van der Waals surface area contributed by atoms with Gasteiger partial charge in [0, 0.05) is 11.3 Å².